The molecule has 0 aliphatic heterocycles. The Morgan fingerprint density at radius 2 is 1.42 bits per heavy atom. The van der Waals surface area contributed by atoms with Gasteiger partial charge in [0.05, 0.1) is 6.21 Å². The fraction of sp³-hybridized carbons (Fsp3) is 0.364. The monoisotopic (exact) mass is 351 g/mol. The van der Waals surface area contributed by atoms with Crippen molar-refractivity contribution in [2.24, 2.45) is 5.10 Å². The molecule has 4 nitrogen and oxygen atoms in total. The second-order valence-corrected chi connectivity index (χ2v) is 8.66. The normalized spacial score (nSPS) is 12.4. The molecule has 3 N–H and O–H groups in total. The van der Waals surface area contributed by atoms with E-state index in [0.717, 1.165) is 5.56 Å². The summed E-state index contributed by atoms with van der Waals surface area (Å²) in [7, 11) is 0. The number of rotatable bonds is 3. The number of hydrogen-bond donors (Lipinski definition) is 2. The zero-order chi connectivity index (χ0) is 19.5. The molecule has 0 atom stereocenters. The highest BCUT2D eigenvalue weighted by molar-refractivity contribution is 5.95. The number of carbonyl (C=O) groups excluding carboxylic acids is 1. The molecule has 0 saturated heterocycles. The Balaban J connectivity index is 2.23. The molecule has 2 aromatic carbocycles. The van der Waals surface area contributed by atoms with Crippen molar-refractivity contribution < 1.29 is 4.79 Å². The van der Waals surface area contributed by atoms with E-state index in [1.807, 2.05) is 0 Å². The molecule has 2 rings (SSSR count). The smallest absolute Gasteiger partial charge is 0.271 e. The van der Waals surface area contributed by atoms with E-state index in [-0.39, 0.29) is 16.7 Å². The summed E-state index contributed by atoms with van der Waals surface area (Å²) in [6.45, 7) is 13.2. The van der Waals surface area contributed by atoms with Crippen LogP contribution in [0.25, 0.3) is 0 Å². The summed E-state index contributed by atoms with van der Waals surface area (Å²) >= 11 is 0. The molecule has 4 heteroatoms. The van der Waals surface area contributed by atoms with Gasteiger partial charge in [0, 0.05) is 11.3 Å². The summed E-state index contributed by atoms with van der Waals surface area (Å²) in [5.74, 6) is -0.260. The molecule has 138 valence electrons. The first-order valence-electron chi connectivity index (χ1n) is 8.82. The lowest BCUT2D eigenvalue weighted by molar-refractivity contribution is 0.0955. The number of hydrogen-bond acceptors (Lipinski definition) is 3. The lowest BCUT2D eigenvalue weighted by Gasteiger charge is -2.25. The fourth-order valence-electron chi connectivity index (χ4n) is 2.46. The molecule has 0 radical (unpaired) electrons. The van der Waals surface area contributed by atoms with Gasteiger partial charge in [0.25, 0.3) is 5.91 Å². The largest absolute Gasteiger partial charge is 0.399 e. The van der Waals surface area contributed by atoms with Crippen LogP contribution in [-0.2, 0) is 10.8 Å². The second kappa shape index (κ2) is 7.32. The topological polar surface area (TPSA) is 67.5 Å². The van der Waals surface area contributed by atoms with E-state index in [4.69, 9.17) is 5.73 Å². The predicted octanol–water partition coefficient (Wildman–Crippen LogP) is 4.63. The maximum atomic E-state index is 12.1. The Bertz CT molecular complexity index is 775. The summed E-state index contributed by atoms with van der Waals surface area (Å²) in [6.07, 6.45) is 1.69. The molecular formula is C22H29N3O. The van der Waals surface area contributed by atoms with Crippen molar-refractivity contribution >= 4 is 17.8 Å². The highest BCUT2D eigenvalue weighted by atomic mass is 16.2. The molecule has 0 unspecified atom stereocenters. The number of hydrazone groups is 1. The molecule has 0 aliphatic rings. The number of anilines is 1. The van der Waals surface area contributed by atoms with E-state index in [0.29, 0.717) is 11.3 Å². The van der Waals surface area contributed by atoms with Crippen molar-refractivity contribution in [3.8, 4) is 0 Å². The lowest BCUT2D eigenvalue weighted by atomic mass is 9.80. The summed E-state index contributed by atoms with van der Waals surface area (Å²) in [5, 5.41) is 4.13. The first kappa shape index (κ1) is 19.7. The van der Waals surface area contributed by atoms with Gasteiger partial charge in [0.2, 0.25) is 0 Å². The summed E-state index contributed by atoms with van der Waals surface area (Å²) in [4.78, 5) is 12.1. The van der Waals surface area contributed by atoms with Gasteiger partial charge < -0.3 is 5.73 Å². The van der Waals surface area contributed by atoms with Crippen LogP contribution in [0.15, 0.2) is 47.6 Å². The Kier molecular flexibility index (Phi) is 5.55. The van der Waals surface area contributed by atoms with Crippen LogP contribution in [-0.4, -0.2) is 12.1 Å². The van der Waals surface area contributed by atoms with Crippen LogP contribution in [0.2, 0.25) is 0 Å². The maximum absolute atomic E-state index is 12.1. The molecular weight excluding hydrogens is 322 g/mol. The Hall–Kier alpha value is -2.62. The average Bonchev–Trinajstić information content (AvgIpc) is 2.53. The minimum atomic E-state index is -0.260. The molecule has 0 aromatic heterocycles. The van der Waals surface area contributed by atoms with Gasteiger partial charge in [-0.3, -0.25) is 4.79 Å². The lowest BCUT2D eigenvalue weighted by Crippen LogP contribution is -2.18. The highest BCUT2D eigenvalue weighted by Crippen LogP contribution is 2.29. The molecule has 0 spiro atoms. The van der Waals surface area contributed by atoms with E-state index in [1.54, 1.807) is 30.5 Å². The molecule has 0 aliphatic carbocycles. The van der Waals surface area contributed by atoms with E-state index in [2.05, 4.69) is 70.3 Å². The number of benzene rings is 2. The number of nitrogens with two attached hydrogens (primary N) is 1. The van der Waals surface area contributed by atoms with Crippen molar-refractivity contribution in [2.75, 3.05) is 5.73 Å². The van der Waals surface area contributed by atoms with Gasteiger partial charge in [-0.25, -0.2) is 5.43 Å². The molecule has 0 saturated carbocycles. The van der Waals surface area contributed by atoms with Crippen LogP contribution >= 0.6 is 0 Å². The van der Waals surface area contributed by atoms with Crippen LogP contribution < -0.4 is 11.2 Å². The van der Waals surface area contributed by atoms with Gasteiger partial charge >= 0.3 is 0 Å². The third-order valence-corrected chi connectivity index (χ3v) is 4.24. The van der Waals surface area contributed by atoms with Crippen LogP contribution in [0.4, 0.5) is 5.69 Å². The van der Waals surface area contributed by atoms with Crippen molar-refractivity contribution in [3.63, 3.8) is 0 Å². The zero-order valence-corrected chi connectivity index (χ0v) is 16.6. The second-order valence-electron chi connectivity index (χ2n) is 8.66. The third kappa shape index (κ3) is 5.19. The first-order valence-corrected chi connectivity index (χ1v) is 8.82. The van der Waals surface area contributed by atoms with Gasteiger partial charge in [-0.15, -0.1) is 0 Å². The van der Waals surface area contributed by atoms with Gasteiger partial charge in [0.1, 0.15) is 0 Å². The minimum Gasteiger partial charge on any atom is -0.399 e. The van der Waals surface area contributed by atoms with Gasteiger partial charge in [0.15, 0.2) is 0 Å². The standard InChI is InChI=1S/C22H29N3O/c1-21(2,3)17-11-15(12-18(13-17)22(4,5)6)14-24-25-20(26)16-7-9-19(23)10-8-16/h7-14H,23H2,1-6H3,(H,25,26)/b24-14-. The van der Waals surface area contributed by atoms with Crippen molar-refractivity contribution in [1.29, 1.82) is 0 Å². The van der Waals surface area contributed by atoms with E-state index >= 15 is 0 Å². The number of nitrogens with one attached hydrogen (secondary N) is 1. The Morgan fingerprint density at radius 1 is 0.923 bits per heavy atom. The number of carbonyl (C=O) groups is 1. The maximum Gasteiger partial charge on any atom is 0.271 e. The molecule has 2 aromatic rings. The van der Waals surface area contributed by atoms with Gasteiger partial charge in [-0.2, -0.15) is 5.10 Å². The first-order chi connectivity index (χ1) is 12.0. The van der Waals surface area contributed by atoms with Crippen molar-refractivity contribution in [3.05, 3.63) is 64.7 Å². The summed E-state index contributed by atoms with van der Waals surface area (Å²) in [5.41, 5.74) is 12.9. The summed E-state index contributed by atoms with van der Waals surface area (Å²) in [6, 6.07) is 13.2. The van der Waals surface area contributed by atoms with Crippen molar-refractivity contribution in [2.45, 2.75) is 52.4 Å². The quantitative estimate of drug-likeness (QED) is 0.481. The zero-order valence-electron chi connectivity index (χ0n) is 16.6. The SMILES string of the molecule is CC(C)(C)c1cc(/C=N\NC(=O)c2ccc(N)cc2)cc(C(C)(C)C)c1. The average molecular weight is 351 g/mol. The molecule has 26 heavy (non-hydrogen) atoms. The predicted molar refractivity (Wildman–Crippen MR) is 110 cm³/mol. The summed E-state index contributed by atoms with van der Waals surface area (Å²) < 4.78 is 0. The third-order valence-electron chi connectivity index (χ3n) is 4.24. The van der Waals surface area contributed by atoms with Gasteiger partial charge in [-0.05, 0) is 63.9 Å². The van der Waals surface area contributed by atoms with Crippen molar-refractivity contribution in [1.82, 2.24) is 5.43 Å². The van der Waals surface area contributed by atoms with Crippen LogP contribution in [0.3, 0.4) is 0 Å². The number of amides is 1. The Labute approximate surface area is 156 Å². The van der Waals surface area contributed by atoms with Gasteiger partial charge in [-0.1, -0.05) is 47.6 Å². The van der Waals surface area contributed by atoms with E-state index < -0.39 is 0 Å². The van der Waals surface area contributed by atoms with Crippen LogP contribution in [0.5, 0.6) is 0 Å². The molecule has 0 heterocycles. The Morgan fingerprint density at radius 3 is 1.88 bits per heavy atom. The van der Waals surface area contributed by atoms with E-state index in [1.165, 1.54) is 11.1 Å². The minimum absolute atomic E-state index is 0.0388. The molecule has 1 amide bonds. The van der Waals surface area contributed by atoms with Crippen LogP contribution in [0, 0.1) is 0 Å². The molecule has 0 bridgehead atoms. The fourth-order valence-corrected chi connectivity index (χ4v) is 2.46. The van der Waals surface area contributed by atoms with Crippen LogP contribution in [0.1, 0.15) is 68.6 Å². The number of nitrogens with zero attached hydrogens (tertiary/aromatic N) is 1. The van der Waals surface area contributed by atoms with E-state index in [9.17, 15) is 4.79 Å². The molecule has 0 fully saturated rings. The number of nitrogen functional groups attached to an aromatic ring is 1. The highest BCUT2D eigenvalue weighted by Gasteiger charge is 2.20.